The Morgan fingerprint density at radius 3 is 2.23 bits per heavy atom. The molecule has 0 amide bonds. The molecule has 1 nitrogen and oxygen atoms in total. The number of hydrogen-bond donors (Lipinski definition) is 0. The molecule has 1 aliphatic rings. The standard InChI is InChI=1S/C30H40N/c1-8-12-14-23-15-13-16-25-24(23)17-18-26-28(25)27-19-21(5)22(6)20-31(27)30(10-3,11-4)29(26,7)9-2/h13,15-20H,8-12,14H2,1-7H3/q+1. The first kappa shape index (κ1) is 22.1. The second-order valence-corrected chi connectivity index (χ2v) is 9.92. The Morgan fingerprint density at radius 2 is 1.58 bits per heavy atom. The third-order valence-electron chi connectivity index (χ3n) is 8.72. The average molecular weight is 415 g/mol. The van der Waals surface area contributed by atoms with Crippen LogP contribution in [0, 0.1) is 13.8 Å². The largest absolute Gasteiger partial charge is 0.214 e. The fraction of sp³-hybridized carbons (Fsp3) is 0.500. The molecule has 0 N–H and O–H groups in total. The Labute approximate surface area is 189 Å². The van der Waals surface area contributed by atoms with Crippen molar-refractivity contribution in [1.29, 1.82) is 0 Å². The number of nitrogens with zero attached hydrogens (tertiary/aromatic N) is 1. The molecule has 1 aliphatic heterocycles. The van der Waals surface area contributed by atoms with Crippen molar-refractivity contribution in [2.24, 2.45) is 0 Å². The third kappa shape index (κ3) is 2.99. The van der Waals surface area contributed by atoms with Crippen LogP contribution < -0.4 is 4.57 Å². The number of unbranched alkanes of at least 4 members (excludes halogenated alkanes) is 1. The molecule has 0 bridgehead atoms. The summed E-state index contributed by atoms with van der Waals surface area (Å²) in [6, 6.07) is 14.4. The molecule has 2 heterocycles. The highest BCUT2D eigenvalue weighted by molar-refractivity contribution is 5.99. The van der Waals surface area contributed by atoms with Gasteiger partial charge in [-0.05, 0) is 67.5 Å². The minimum absolute atomic E-state index is 0.0933. The maximum Gasteiger partial charge on any atom is 0.214 e. The van der Waals surface area contributed by atoms with E-state index in [9.17, 15) is 0 Å². The zero-order valence-corrected chi connectivity index (χ0v) is 20.7. The lowest BCUT2D eigenvalue weighted by molar-refractivity contribution is -0.769. The molecule has 0 spiro atoms. The second-order valence-electron chi connectivity index (χ2n) is 9.92. The third-order valence-corrected chi connectivity index (χ3v) is 8.72. The Kier molecular flexibility index (Phi) is 5.75. The molecule has 3 aromatic rings. The van der Waals surface area contributed by atoms with Gasteiger partial charge in [0.15, 0.2) is 11.7 Å². The second kappa shape index (κ2) is 8.08. The van der Waals surface area contributed by atoms with Gasteiger partial charge in [0.2, 0.25) is 5.69 Å². The Bertz CT molecular complexity index is 1120. The van der Waals surface area contributed by atoms with Crippen LogP contribution in [0.1, 0.15) is 89.0 Å². The van der Waals surface area contributed by atoms with Crippen LogP contribution in [0.4, 0.5) is 0 Å². The van der Waals surface area contributed by atoms with Crippen LogP contribution in [-0.2, 0) is 17.4 Å². The van der Waals surface area contributed by atoms with Crippen LogP contribution in [0.2, 0.25) is 0 Å². The molecule has 1 unspecified atom stereocenters. The summed E-state index contributed by atoms with van der Waals surface area (Å²) in [5.41, 5.74) is 8.89. The summed E-state index contributed by atoms with van der Waals surface area (Å²) >= 11 is 0. The summed E-state index contributed by atoms with van der Waals surface area (Å²) in [4.78, 5) is 0. The Morgan fingerprint density at radius 1 is 0.839 bits per heavy atom. The molecule has 31 heavy (non-hydrogen) atoms. The number of fused-ring (bicyclic) bond motifs is 5. The molecule has 0 saturated carbocycles. The van der Waals surface area contributed by atoms with Gasteiger partial charge in [-0.3, -0.25) is 0 Å². The van der Waals surface area contributed by atoms with Crippen LogP contribution in [-0.4, -0.2) is 0 Å². The van der Waals surface area contributed by atoms with E-state index in [0.29, 0.717) is 0 Å². The SMILES string of the molecule is CCCCc1cccc2c3c(ccc12)C(C)(CC)C(CC)(CC)[n+]1cc(C)c(C)cc1-3. The van der Waals surface area contributed by atoms with Gasteiger partial charge in [-0.15, -0.1) is 0 Å². The van der Waals surface area contributed by atoms with Crippen molar-refractivity contribution in [3.8, 4) is 11.3 Å². The number of pyridine rings is 1. The van der Waals surface area contributed by atoms with E-state index in [4.69, 9.17) is 0 Å². The maximum atomic E-state index is 2.68. The van der Waals surface area contributed by atoms with Gasteiger partial charge in [-0.2, -0.15) is 4.57 Å². The molecule has 164 valence electrons. The first-order valence-corrected chi connectivity index (χ1v) is 12.5. The first-order chi connectivity index (χ1) is 14.9. The zero-order valence-electron chi connectivity index (χ0n) is 20.7. The summed E-state index contributed by atoms with van der Waals surface area (Å²) in [5.74, 6) is 0. The van der Waals surface area contributed by atoms with E-state index in [1.165, 1.54) is 58.0 Å². The summed E-state index contributed by atoms with van der Waals surface area (Å²) in [5, 5.41) is 2.88. The molecule has 0 aliphatic carbocycles. The lowest BCUT2D eigenvalue weighted by atomic mass is 9.58. The molecule has 4 rings (SSSR count). The van der Waals surface area contributed by atoms with E-state index in [1.807, 2.05) is 0 Å². The fourth-order valence-electron chi connectivity index (χ4n) is 6.45. The molecule has 1 aromatic heterocycles. The number of aromatic nitrogens is 1. The van der Waals surface area contributed by atoms with Gasteiger partial charge >= 0.3 is 0 Å². The molecule has 0 radical (unpaired) electrons. The van der Waals surface area contributed by atoms with Gasteiger partial charge in [-0.1, -0.05) is 64.4 Å². The molecule has 1 atom stereocenters. The first-order valence-electron chi connectivity index (χ1n) is 12.5. The lowest BCUT2D eigenvalue weighted by Gasteiger charge is -2.48. The smallest absolute Gasteiger partial charge is 0.192 e. The summed E-state index contributed by atoms with van der Waals surface area (Å²) in [6.45, 7) is 16.5. The van der Waals surface area contributed by atoms with Crippen LogP contribution in [0.3, 0.4) is 0 Å². The highest BCUT2D eigenvalue weighted by Gasteiger charge is 2.58. The highest BCUT2D eigenvalue weighted by atomic mass is 15.1. The van der Waals surface area contributed by atoms with Crippen LogP contribution in [0.5, 0.6) is 0 Å². The number of rotatable bonds is 6. The monoisotopic (exact) mass is 414 g/mol. The van der Waals surface area contributed by atoms with Crippen molar-refractivity contribution in [2.75, 3.05) is 0 Å². The molecule has 2 aromatic carbocycles. The maximum absolute atomic E-state index is 2.68. The zero-order chi connectivity index (χ0) is 22.4. The van der Waals surface area contributed by atoms with Gasteiger partial charge in [0.25, 0.3) is 0 Å². The topological polar surface area (TPSA) is 3.88 Å². The molecular weight excluding hydrogens is 374 g/mol. The van der Waals surface area contributed by atoms with Gasteiger partial charge in [0.1, 0.15) is 0 Å². The number of aryl methyl sites for hydroxylation is 3. The van der Waals surface area contributed by atoms with Crippen molar-refractivity contribution in [2.45, 2.75) is 97.9 Å². The fourth-order valence-corrected chi connectivity index (χ4v) is 6.45. The van der Waals surface area contributed by atoms with E-state index >= 15 is 0 Å². The molecular formula is C30H40N+. The Balaban J connectivity index is 2.15. The number of benzene rings is 2. The van der Waals surface area contributed by atoms with Crippen LogP contribution >= 0.6 is 0 Å². The minimum atomic E-state index is 0.0933. The minimum Gasteiger partial charge on any atom is -0.192 e. The van der Waals surface area contributed by atoms with Crippen LogP contribution in [0.25, 0.3) is 22.0 Å². The summed E-state index contributed by atoms with van der Waals surface area (Å²) in [6.07, 6.45) is 9.53. The van der Waals surface area contributed by atoms with Crippen molar-refractivity contribution < 1.29 is 4.57 Å². The van der Waals surface area contributed by atoms with Gasteiger partial charge in [0.05, 0.1) is 11.0 Å². The summed E-state index contributed by atoms with van der Waals surface area (Å²) < 4.78 is 2.68. The molecule has 0 fully saturated rings. The highest BCUT2D eigenvalue weighted by Crippen LogP contribution is 2.53. The van der Waals surface area contributed by atoms with E-state index in [-0.39, 0.29) is 11.0 Å². The van der Waals surface area contributed by atoms with E-state index < -0.39 is 0 Å². The van der Waals surface area contributed by atoms with E-state index in [1.54, 1.807) is 5.56 Å². The summed E-state index contributed by atoms with van der Waals surface area (Å²) in [7, 11) is 0. The lowest BCUT2D eigenvalue weighted by Crippen LogP contribution is -2.69. The van der Waals surface area contributed by atoms with Crippen LogP contribution in [0.15, 0.2) is 42.6 Å². The number of hydrogen-bond acceptors (Lipinski definition) is 0. The van der Waals surface area contributed by atoms with Crippen molar-refractivity contribution >= 4 is 10.8 Å². The van der Waals surface area contributed by atoms with Crippen molar-refractivity contribution in [3.05, 3.63) is 64.8 Å². The Hall–Kier alpha value is -2.15. The predicted octanol–water partition coefficient (Wildman–Crippen LogP) is 7.95. The van der Waals surface area contributed by atoms with Crippen molar-refractivity contribution in [1.82, 2.24) is 0 Å². The van der Waals surface area contributed by atoms with Gasteiger partial charge in [-0.25, -0.2) is 0 Å². The van der Waals surface area contributed by atoms with Gasteiger partial charge in [0, 0.05) is 24.5 Å². The average Bonchev–Trinajstić information content (AvgIpc) is 2.79. The van der Waals surface area contributed by atoms with E-state index in [0.717, 1.165) is 19.3 Å². The predicted molar refractivity (Wildman–Crippen MR) is 134 cm³/mol. The quantitative estimate of drug-likeness (QED) is 0.360. The molecule has 1 heteroatoms. The van der Waals surface area contributed by atoms with E-state index in [2.05, 4.69) is 95.6 Å². The molecule has 0 saturated heterocycles. The van der Waals surface area contributed by atoms with Gasteiger partial charge < -0.3 is 0 Å². The normalized spacial score (nSPS) is 19.3. The van der Waals surface area contributed by atoms with Crippen molar-refractivity contribution in [3.63, 3.8) is 0 Å².